The number of rotatable bonds is 6. The molecule has 0 aromatic heterocycles. The van der Waals surface area contributed by atoms with Crippen molar-refractivity contribution >= 4 is 5.97 Å². The zero-order valence-corrected chi connectivity index (χ0v) is 10.4. The molecule has 0 saturated carbocycles. The van der Waals surface area contributed by atoms with Crippen molar-refractivity contribution < 1.29 is 9.53 Å². The highest BCUT2D eigenvalue weighted by molar-refractivity contribution is 5.81. The maximum Gasteiger partial charge on any atom is 0.330 e. The first-order valence-corrected chi connectivity index (χ1v) is 5.63. The molecule has 0 aliphatic heterocycles. The van der Waals surface area contributed by atoms with Crippen molar-refractivity contribution in [3.05, 3.63) is 48.6 Å². The molecule has 0 aliphatic rings. The van der Waals surface area contributed by atoms with Gasteiger partial charge in [0.2, 0.25) is 0 Å². The molecule has 3 heteroatoms. The first kappa shape index (κ1) is 13.5. The van der Waals surface area contributed by atoms with Crippen LogP contribution in [0.4, 0.5) is 0 Å². The lowest BCUT2D eigenvalue weighted by Crippen LogP contribution is -2.35. The number of likely N-dealkylation sites (N-methyl/N-ethyl adjacent to an activating group) is 1. The fraction of sp³-hybridized carbons (Fsp3) is 0.357. The predicted octanol–water partition coefficient (Wildman–Crippen LogP) is 1.89. The SMILES string of the molecule is C=CC(=O)OCC(Cc1ccccc1)N(C)C. The Kier molecular flexibility index (Phi) is 5.43. The number of nitrogens with zero attached hydrogens (tertiary/aromatic N) is 1. The van der Waals surface area contributed by atoms with Crippen LogP contribution in [0.5, 0.6) is 0 Å². The molecule has 0 aliphatic carbocycles. The number of carbonyl (C=O) groups excluding carboxylic acids is 1. The summed E-state index contributed by atoms with van der Waals surface area (Å²) in [5, 5.41) is 0. The van der Waals surface area contributed by atoms with Crippen LogP contribution in [0.2, 0.25) is 0 Å². The molecular weight excluding hydrogens is 214 g/mol. The first-order chi connectivity index (χ1) is 8.13. The summed E-state index contributed by atoms with van der Waals surface area (Å²) in [6, 6.07) is 10.3. The van der Waals surface area contributed by atoms with Crippen LogP contribution in [0.3, 0.4) is 0 Å². The summed E-state index contributed by atoms with van der Waals surface area (Å²) in [5.41, 5.74) is 1.24. The lowest BCUT2D eigenvalue weighted by atomic mass is 10.1. The van der Waals surface area contributed by atoms with Gasteiger partial charge in [0.25, 0.3) is 0 Å². The van der Waals surface area contributed by atoms with Gasteiger partial charge in [-0.15, -0.1) is 0 Å². The fourth-order valence-electron chi connectivity index (χ4n) is 1.51. The van der Waals surface area contributed by atoms with Crippen LogP contribution in [0.1, 0.15) is 5.56 Å². The maximum absolute atomic E-state index is 11.0. The van der Waals surface area contributed by atoms with Gasteiger partial charge in [0.1, 0.15) is 6.61 Å². The van der Waals surface area contributed by atoms with E-state index in [0.29, 0.717) is 6.61 Å². The molecule has 0 amide bonds. The van der Waals surface area contributed by atoms with Crippen molar-refractivity contribution in [2.75, 3.05) is 20.7 Å². The van der Waals surface area contributed by atoms with E-state index in [-0.39, 0.29) is 12.0 Å². The van der Waals surface area contributed by atoms with E-state index in [9.17, 15) is 4.79 Å². The van der Waals surface area contributed by atoms with E-state index in [4.69, 9.17) is 4.74 Å². The van der Waals surface area contributed by atoms with Crippen molar-refractivity contribution in [3.63, 3.8) is 0 Å². The van der Waals surface area contributed by atoms with E-state index in [2.05, 4.69) is 23.6 Å². The molecule has 0 saturated heterocycles. The number of hydrogen-bond acceptors (Lipinski definition) is 3. The highest BCUT2D eigenvalue weighted by Crippen LogP contribution is 2.07. The summed E-state index contributed by atoms with van der Waals surface area (Å²) >= 11 is 0. The van der Waals surface area contributed by atoms with Crippen molar-refractivity contribution in [2.24, 2.45) is 0 Å². The molecule has 0 heterocycles. The predicted molar refractivity (Wildman–Crippen MR) is 68.8 cm³/mol. The molecule has 0 N–H and O–H groups in total. The molecule has 1 aromatic carbocycles. The molecule has 92 valence electrons. The topological polar surface area (TPSA) is 29.5 Å². The zero-order chi connectivity index (χ0) is 12.7. The number of benzene rings is 1. The van der Waals surface area contributed by atoms with Gasteiger partial charge in [0.05, 0.1) is 0 Å². The summed E-state index contributed by atoms with van der Waals surface area (Å²) < 4.78 is 5.09. The Morgan fingerprint density at radius 3 is 2.59 bits per heavy atom. The molecule has 3 nitrogen and oxygen atoms in total. The Labute approximate surface area is 103 Å². The Hall–Kier alpha value is -1.61. The molecule has 0 spiro atoms. The van der Waals surface area contributed by atoms with Crippen LogP contribution in [-0.2, 0) is 16.0 Å². The average molecular weight is 233 g/mol. The van der Waals surface area contributed by atoms with Crippen LogP contribution in [0.25, 0.3) is 0 Å². The van der Waals surface area contributed by atoms with Crippen molar-refractivity contribution in [1.82, 2.24) is 4.90 Å². The Balaban J connectivity index is 2.55. The van der Waals surface area contributed by atoms with Gasteiger partial charge in [-0.3, -0.25) is 0 Å². The number of carbonyl (C=O) groups is 1. The fourth-order valence-corrected chi connectivity index (χ4v) is 1.51. The van der Waals surface area contributed by atoms with Gasteiger partial charge < -0.3 is 9.64 Å². The van der Waals surface area contributed by atoms with Crippen LogP contribution < -0.4 is 0 Å². The van der Waals surface area contributed by atoms with Crippen molar-refractivity contribution in [3.8, 4) is 0 Å². The van der Waals surface area contributed by atoms with Gasteiger partial charge >= 0.3 is 5.97 Å². The molecule has 0 radical (unpaired) electrons. The standard InChI is InChI=1S/C14H19NO2/c1-4-14(16)17-11-13(15(2)3)10-12-8-6-5-7-9-12/h4-9,13H,1,10-11H2,2-3H3. The van der Waals surface area contributed by atoms with E-state index in [1.807, 2.05) is 32.3 Å². The monoisotopic (exact) mass is 233 g/mol. The smallest absolute Gasteiger partial charge is 0.330 e. The second kappa shape index (κ2) is 6.86. The molecule has 17 heavy (non-hydrogen) atoms. The molecule has 0 bridgehead atoms. The third kappa shape index (κ3) is 4.83. The Bertz CT molecular complexity index is 360. The molecule has 1 rings (SSSR count). The van der Waals surface area contributed by atoms with Gasteiger partial charge in [0.15, 0.2) is 0 Å². The Morgan fingerprint density at radius 1 is 1.41 bits per heavy atom. The summed E-state index contributed by atoms with van der Waals surface area (Å²) in [5.74, 6) is -0.370. The largest absolute Gasteiger partial charge is 0.461 e. The van der Waals surface area contributed by atoms with Crippen molar-refractivity contribution in [2.45, 2.75) is 12.5 Å². The van der Waals surface area contributed by atoms with Crippen LogP contribution in [-0.4, -0.2) is 37.6 Å². The minimum Gasteiger partial charge on any atom is -0.461 e. The summed E-state index contributed by atoms with van der Waals surface area (Å²) in [4.78, 5) is 13.1. The summed E-state index contributed by atoms with van der Waals surface area (Å²) in [7, 11) is 3.96. The van der Waals surface area contributed by atoms with E-state index < -0.39 is 0 Å². The summed E-state index contributed by atoms with van der Waals surface area (Å²) in [6.45, 7) is 3.76. The van der Waals surface area contributed by atoms with Gasteiger partial charge in [-0.2, -0.15) is 0 Å². The van der Waals surface area contributed by atoms with Gasteiger partial charge in [-0.05, 0) is 26.1 Å². The number of esters is 1. The van der Waals surface area contributed by atoms with Crippen LogP contribution >= 0.6 is 0 Å². The maximum atomic E-state index is 11.0. The number of hydrogen-bond donors (Lipinski definition) is 0. The van der Waals surface area contributed by atoms with E-state index in [1.54, 1.807) is 0 Å². The minimum atomic E-state index is -0.370. The second-order valence-corrected chi connectivity index (χ2v) is 4.14. The highest BCUT2D eigenvalue weighted by atomic mass is 16.5. The quantitative estimate of drug-likeness (QED) is 0.555. The van der Waals surface area contributed by atoms with E-state index in [1.165, 1.54) is 11.6 Å². The van der Waals surface area contributed by atoms with Gasteiger partial charge in [-0.1, -0.05) is 36.9 Å². The molecule has 0 fully saturated rings. The van der Waals surface area contributed by atoms with Crippen LogP contribution in [0.15, 0.2) is 43.0 Å². The van der Waals surface area contributed by atoms with Gasteiger partial charge in [0, 0.05) is 12.1 Å². The minimum absolute atomic E-state index is 0.182. The second-order valence-electron chi connectivity index (χ2n) is 4.14. The molecule has 1 atom stereocenters. The lowest BCUT2D eigenvalue weighted by molar-refractivity contribution is -0.139. The van der Waals surface area contributed by atoms with Crippen molar-refractivity contribution in [1.29, 1.82) is 0 Å². The average Bonchev–Trinajstić information content (AvgIpc) is 2.34. The third-order valence-electron chi connectivity index (χ3n) is 2.63. The first-order valence-electron chi connectivity index (χ1n) is 5.63. The van der Waals surface area contributed by atoms with Gasteiger partial charge in [-0.25, -0.2) is 4.79 Å². The van der Waals surface area contributed by atoms with E-state index >= 15 is 0 Å². The van der Waals surface area contributed by atoms with Crippen LogP contribution in [0, 0.1) is 0 Å². The zero-order valence-electron chi connectivity index (χ0n) is 10.4. The third-order valence-corrected chi connectivity index (χ3v) is 2.63. The number of ether oxygens (including phenoxy) is 1. The molecule has 1 aromatic rings. The summed E-state index contributed by atoms with van der Waals surface area (Å²) in [6.07, 6.45) is 2.05. The molecule has 1 unspecified atom stereocenters. The molecular formula is C14H19NO2. The Morgan fingerprint density at radius 2 is 2.06 bits per heavy atom. The van der Waals surface area contributed by atoms with E-state index in [0.717, 1.165) is 6.42 Å². The lowest BCUT2D eigenvalue weighted by Gasteiger charge is -2.23. The highest BCUT2D eigenvalue weighted by Gasteiger charge is 2.13. The normalized spacial score (nSPS) is 12.2.